The minimum absolute atomic E-state index is 0.644. The molecule has 0 bridgehead atoms. The molecule has 100 valence electrons. The van der Waals surface area contributed by atoms with Crippen LogP contribution >= 0.6 is 11.9 Å². The summed E-state index contributed by atoms with van der Waals surface area (Å²) in [6.45, 7) is 0. The lowest BCUT2D eigenvalue weighted by molar-refractivity contribution is -0.831. The first-order valence-corrected chi connectivity index (χ1v) is 6.52. The molecule has 0 atom stereocenters. The summed E-state index contributed by atoms with van der Waals surface area (Å²) in [4.78, 5) is 6.05. The summed E-state index contributed by atoms with van der Waals surface area (Å²) in [6, 6.07) is 15.3. The third kappa shape index (κ3) is 3.39. The molecule has 6 N–H and O–H groups in total. The van der Waals surface area contributed by atoms with Gasteiger partial charge in [-0.15, -0.1) is 0 Å². The van der Waals surface area contributed by atoms with E-state index in [0.717, 1.165) is 16.3 Å². The number of anilines is 2. The van der Waals surface area contributed by atoms with E-state index in [0.29, 0.717) is 5.69 Å². The van der Waals surface area contributed by atoms with Crippen molar-refractivity contribution in [1.82, 2.24) is 0 Å². The Labute approximate surface area is 116 Å². The highest BCUT2D eigenvalue weighted by molar-refractivity contribution is 8.00. The maximum absolute atomic E-state index is 6.05. The largest absolute Gasteiger partial charge is 0.397 e. The van der Waals surface area contributed by atoms with Crippen LogP contribution in [0.25, 0.3) is 0 Å². The van der Waals surface area contributed by atoms with Crippen molar-refractivity contribution in [2.75, 3.05) is 17.3 Å². The summed E-state index contributed by atoms with van der Waals surface area (Å²) in [5.41, 5.74) is 9.98. The van der Waals surface area contributed by atoms with Gasteiger partial charge in [-0.05, 0) is 18.2 Å². The minimum atomic E-state index is 0.644. The summed E-state index contributed by atoms with van der Waals surface area (Å²) in [6.07, 6.45) is 0. The van der Waals surface area contributed by atoms with Gasteiger partial charge in [0.05, 0.1) is 23.4 Å². The molecule has 0 aliphatic rings. The first kappa shape index (κ1) is 13.7. The van der Waals surface area contributed by atoms with Gasteiger partial charge in [-0.25, -0.2) is 15.1 Å². The van der Waals surface area contributed by atoms with Crippen LogP contribution in [0, 0.1) is 0 Å². The van der Waals surface area contributed by atoms with Crippen molar-refractivity contribution in [3.63, 3.8) is 0 Å². The zero-order chi connectivity index (χ0) is 13.7. The second-order valence-electron chi connectivity index (χ2n) is 3.87. The number of nitrogen functional groups attached to an aromatic ring is 1. The molecule has 0 radical (unpaired) electrons. The molecular formula is C13H17N4OS+. The van der Waals surface area contributed by atoms with Gasteiger partial charge in [0.15, 0.2) is 5.69 Å². The van der Waals surface area contributed by atoms with Gasteiger partial charge < -0.3 is 5.73 Å². The molecule has 5 nitrogen and oxygen atoms in total. The Morgan fingerprint density at radius 2 is 1.79 bits per heavy atom. The second-order valence-corrected chi connectivity index (χ2v) is 4.88. The van der Waals surface area contributed by atoms with E-state index in [9.17, 15) is 0 Å². The van der Waals surface area contributed by atoms with Crippen LogP contribution in [-0.2, 0) is 4.84 Å². The molecular weight excluding hydrogens is 260 g/mol. The number of nitrogens with zero attached hydrogens (tertiary/aromatic N) is 1. The van der Waals surface area contributed by atoms with Gasteiger partial charge in [-0.3, -0.25) is 0 Å². The lowest BCUT2D eigenvalue weighted by atomic mass is 10.3. The summed E-state index contributed by atoms with van der Waals surface area (Å²) in [7, 11) is 1.62. The highest BCUT2D eigenvalue weighted by Gasteiger charge is 2.12. The van der Waals surface area contributed by atoms with Crippen molar-refractivity contribution < 1.29 is 10.3 Å². The fraction of sp³-hybridized carbons (Fsp3) is 0.0769. The monoisotopic (exact) mass is 277 g/mol. The number of para-hydroxylation sites is 2. The van der Waals surface area contributed by atoms with Crippen molar-refractivity contribution in [1.29, 1.82) is 0 Å². The minimum Gasteiger partial charge on any atom is -0.397 e. The molecule has 0 saturated heterocycles. The SMILES string of the molecule is CO[NH2+]c1ccccc1SN(N)c1ccccc1N. The number of quaternary nitrogens is 1. The topological polar surface area (TPSA) is 81.1 Å². The number of hydrogen-bond acceptors (Lipinski definition) is 5. The highest BCUT2D eigenvalue weighted by Crippen LogP contribution is 2.31. The fourth-order valence-electron chi connectivity index (χ4n) is 1.63. The van der Waals surface area contributed by atoms with Crippen LogP contribution in [0.15, 0.2) is 53.4 Å². The first-order chi connectivity index (χ1) is 9.22. The molecule has 2 rings (SSSR count). The van der Waals surface area contributed by atoms with Crippen LogP contribution in [0.5, 0.6) is 0 Å². The zero-order valence-corrected chi connectivity index (χ0v) is 11.4. The third-order valence-electron chi connectivity index (χ3n) is 2.53. The van der Waals surface area contributed by atoms with E-state index in [1.807, 2.05) is 48.5 Å². The van der Waals surface area contributed by atoms with E-state index in [1.165, 1.54) is 11.9 Å². The lowest BCUT2D eigenvalue weighted by Crippen LogP contribution is -2.76. The number of hydrazine groups is 1. The number of hydrogen-bond donors (Lipinski definition) is 3. The van der Waals surface area contributed by atoms with E-state index in [2.05, 4.69) is 0 Å². The molecule has 0 heterocycles. The third-order valence-corrected chi connectivity index (χ3v) is 3.50. The van der Waals surface area contributed by atoms with Gasteiger partial charge in [-0.1, -0.05) is 24.3 Å². The number of nitrogens with two attached hydrogens (primary N) is 3. The van der Waals surface area contributed by atoms with Gasteiger partial charge in [-0.2, -0.15) is 5.48 Å². The molecule has 0 spiro atoms. The van der Waals surface area contributed by atoms with Crippen molar-refractivity contribution in [3.05, 3.63) is 48.5 Å². The molecule has 2 aromatic rings. The predicted molar refractivity (Wildman–Crippen MR) is 78.4 cm³/mol. The van der Waals surface area contributed by atoms with Crippen LogP contribution in [-0.4, -0.2) is 7.11 Å². The van der Waals surface area contributed by atoms with Crippen LogP contribution in [0.3, 0.4) is 0 Å². The second kappa shape index (κ2) is 6.44. The Hall–Kier alpha value is -1.73. The molecule has 19 heavy (non-hydrogen) atoms. The van der Waals surface area contributed by atoms with Gasteiger partial charge in [0.25, 0.3) is 0 Å². The molecule has 0 fully saturated rings. The quantitative estimate of drug-likeness (QED) is 0.333. The Kier molecular flexibility index (Phi) is 4.64. The molecule has 0 amide bonds. The smallest absolute Gasteiger partial charge is 0.177 e. The van der Waals surface area contributed by atoms with Crippen LogP contribution < -0.4 is 21.5 Å². The standard InChI is InChI=1S/C13H16N4OS/c1-18-16-11-7-3-5-9-13(11)19-17(15)12-8-4-2-6-10(12)14/h2-9,16H,14-15H2,1H3/p+1. The fourth-order valence-corrected chi connectivity index (χ4v) is 2.47. The molecule has 2 aromatic carbocycles. The Morgan fingerprint density at radius 1 is 1.11 bits per heavy atom. The lowest BCUT2D eigenvalue weighted by Gasteiger charge is -2.19. The molecule has 6 heteroatoms. The van der Waals surface area contributed by atoms with Crippen molar-refractivity contribution in [3.8, 4) is 0 Å². The van der Waals surface area contributed by atoms with E-state index in [-0.39, 0.29) is 0 Å². The van der Waals surface area contributed by atoms with Crippen LogP contribution in [0.4, 0.5) is 17.1 Å². The highest BCUT2D eigenvalue weighted by atomic mass is 32.2. The summed E-state index contributed by atoms with van der Waals surface area (Å²) < 4.78 is 1.55. The molecule has 0 saturated carbocycles. The van der Waals surface area contributed by atoms with Crippen LogP contribution in [0.2, 0.25) is 0 Å². The van der Waals surface area contributed by atoms with Gasteiger partial charge >= 0.3 is 0 Å². The average molecular weight is 277 g/mol. The first-order valence-electron chi connectivity index (χ1n) is 5.74. The Bertz CT molecular complexity index is 550. The van der Waals surface area contributed by atoms with E-state index >= 15 is 0 Å². The summed E-state index contributed by atoms with van der Waals surface area (Å²) >= 11 is 1.40. The Morgan fingerprint density at radius 3 is 2.53 bits per heavy atom. The predicted octanol–water partition coefficient (Wildman–Crippen LogP) is 1.41. The van der Waals surface area contributed by atoms with E-state index in [4.69, 9.17) is 16.4 Å². The zero-order valence-electron chi connectivity index (χ0n) is 10.6. The number of benzene rings is 2. The van der Waals surface area contributed by atoms with E-state index < -0.39 is 0 Å². The van der Waals surface area contributed by atoms with Crippen molar-refractivity contribution >= 4 is 29.0 Å². The summed E-state index contributed by atoms with van der Waals surface area (Å²) in [5, 5.41) is 0. The van der Waals surface area contributed by atoms with E-state index in [1.54, 1.807) is 17.0 Å². The maximum Gasteiger partial charge on any atom is 0.177 e. The molecule has 0 aromatic heterocycles. The van der Waals surface area contributed by atoms with Crippen molar-refractivity contribution in [2.45, 2.75) is 4.90 Å². The van der Waals surface area contributed by atoms with Gasteiger partial charge in [0.1, 0.15) is 0 Å². The Balaban J connectivity index is 2.19. The van der Waals surface area contributed by atoms with Gasteiger partial charge in [0.2, 0.25) is 0 Å². The van der Waals surface area contributed by atoms with Crippen LogP contribution in [0.1, 0.15) is 0 Å². The summed E-state index contributed by atoms with van der Waals surface area (Å²) in [5.74, 6) is 6.05. The molecule has 0 aliphatic carbocycles. The number of rotatable bonds is 5. The normalized spacial score (nSPS) is 10.4. The average Bonchev–Trinajstić information content (AvgIpc) is 2.41. The van der Waals surface area contributed by atoms with Crippen molar-refractivity contribution in [2.24, 2.45) is 5.84 Å². The maximum atomic E-state index is 6.05. The molecule has 0 unspecified atom stereocenters. The molecule has 0 aliphatic heterocycles. The van der Waals surface area contributed by atoms with Gasteiger partial charge in [0, 0.05) is 18.0 Å².